The number of anilines is 1. The van der Waals surface area contributed by atoms with E-state index in [4.69, 9.17) is 11.6 Å². The molecular weight excluding hydrogens is 253 g/mol. The Bertz CT molecular complexity index is 560. The lowest BCUT2D eigenvalue weighted by Gasteiger charge is -2.19. The summed E-state index contributed by atoms with van der Waals surface area (Å²) in [5, 5.41) is 0.0445. The van der Waals surface area contributed by atoms with Crippen LogP contribution in [0.4, 0.5) is 10.2 Å². The fourth-order valence-electron chi connectivity index (χ4n) is 1.72. The average Bonchev–Trinajstić information content (AvgIpc) is 2.35. The number of aromatic nitrogens is 2. The van der Waals surface area contributed by atoms with Gasteiger partial charge in [0.05, 0.1) is 6.20 Å². The van der Waals surface area contributed by atoms with Gasteiger partial charge in [-0.3, -0.25) is 0 Å². The molecule has 1 aromatic heterocycles. The lowest BCUT2D eigenvalue weighted by Crippen LogP contribution is -2.20. The van der Waals surface area contributed by atoms with E-state index in [0.717, 1.165) is 17.3 Å². The largest absolute Gasteiger partial charge is 0.353 e. The van der Waals surface area contributed by atoms with Crippen LogP contribution in [0.1, 0.15) is 11.1 Å². The quantitative estimate of drug-likeness (QED) is 0.798. The molecule has 0 atom stereocenters. The van der Waals surface area contributed by atoms with Crippen LogP contribution in [0.25, 0.3) is 0 Å². The molecule has 2 aromatic rings. The summed E-state index contributed by atoms with van der Waals surface area (Å²) in [4.78, 5) is 9.22. The van der Waals surface area contributed by atoms with Crippen molar-refractivity contribution in [1.29, 1.82) is 0 Å². The van der Waals surface area contributed by atoms with Crippen LogP contribution >= 0.6 is 11.6 Å². The lowest BCUT2D eigenvalue weighted by atomic mass is 10.1. The fraction of sp³-hybridized carbons (Fsp3) is 0.231. The minimum atomic E-state index is -0.476. The monoisotopic (exact) mass is 265 g/mol. The highest BCUT2D eigenvalue weighted by atomic mass is 35.5. The van der Waals surface area contributed by atoms with Crippen molar-refractivity contribution in [2.75, 3.05) is 11.9 Å². The molecule has 1 aromatic carbocycles. The summed E-state index contributed by atoms with van der Waals surface area (Å²) in [6, 6.07) is 7.96. The first-order valence-electron chi connectivity index (χ1n) is 5.51. The topological polar surface area (TPSA) is 29.0 Å². The van der Waals surface area contributed by atoms with Gasteiger partial charge in [0.25, 0.3) is 0 Å². The van der Waals surface area contributed by atoms with Crippen molar-refractivity contribution in [2.45, 2.75) is 13.5 Å². The third-order valence-corrected chi connectivity index (χ3v) is 2.91. The SMILES string of the molecule is Cc1ccccc1CN(C)c1nc(Cl)ncc1F. The molecule has 0 fully saturated rings. The third-order valence-electron chi connectivity index (χ3n) is 2.73. The van der Waals surface area contributed by atoms with Crippen LogP contribution in [0.15, 0.2) is 30.5 Å². The molecule has 0 N–H and O–H groups in total. The zero-order valence-electron chi connectivity index (χ0n) is 10.2. The van der Waals surface area contributed by atoms with Gasteiger partial charge in [-0.15, -0.1) is 0 Å². The van der Waals surface area contributed by atoms with Crippen LogP contribution in [0.2, 0.25) is 5.28 Å². The van der Waals surface area contributed by atoms with Crippen LogP contribution in [-0.2, 0) is 6.54 Å². The van der Waals surface area contributed by atoms with E-state index in [1.807, 2.05) is 31.2 Å². The molecule has 0 aliphatic carbocycles. The minimum absolute atomic E-state index is 0.0445. The second-order valence-corrected chi connectivity index (χ2v) is 4.43. The maximum Gasteiger partial charge on any atom is 0.224 e. The third kappa shape index (κ3) is 2.76. The lowest BCUT2D eigenvalue weighted by molar-refractivity contribution is 0.607. The first kappa shape index (κ1) is 12.8. The van der Waals surface area contributed by atoms with Gasteiger partial charge in [-0.1, -0.05) is 24.3 Å². The van der Waals surface area contributed by atoms with Crippen molar-refractivity contribution in [3.63, 3.8) is 0 Å². The second kappa shape index (κ2) is 5.31. The molecule has 3 nitrogen and oxygen atoms in total. The number of aryl methyl sites for hydroxylation is 1. The molecule has 5 heteroatoms. The summed E-state index contributed by atoms with van der Waals surface area (Å²) in [6.07, 6.45) is 1.08. The number of nitrogens with zero attached hydrogens (tertiary/aromatic N) is 3. The normalized spacial score (nSPS) is 10.4. The molecule has 0 bridgehead atoms. The molecule has 0 saturated heterocycles. The Morgan fingerprint density at radius 3 is 2.78 bits per heavy atom. The number of halogens is 2. The molecule has 0 saturated carbocycles. The van der Waals surface area contributed by atoms with Gasteiger partial charge >= 0.3 is 0 Å². The Kier molecular flexibility index (Phi) is 3.77. The highest BCUT2D eigenvalue weighted by molar-refractivity contribution is 6.28. The zero-order chi connectivity index (χ0) is 13.1. The van der Waals surface area contributed by atoms with E-state index in [2.05, 4.69) is 9.97 Å². The number of hydrogen-bond donors (Lipinski definition) is 0. The maximum atomic E-state index is 13.6. The first-order chi connectivity index (χ1) is 8.58. The van der Waals surface area contributed by atoms with Crippen molar-refractivity contribution in [3.8, 4) is 0 Å². The molecule has 0 amide bonds. The zero-order valence-corrected chi connectivity index (χ0v) is 10.9. The van der Waals surface area contributed by atoms with Crippen LogP contribution in [0.5, 0.6) is 0 Å². The van der Waals surface area contributed by atoms with E-state index in [1.165, 1.54) is 0 Å². The Hall–Kier alpha value is -1.68. The molecule has 0 spiro atoms. The standard InChI is InChI=1S/C13H13ClFN3/c1-9-5-3-4-6-10(9)8-18(2)12-11(15)7-16-13(14)17-12/h3-7H,8H2,1-2H3. The highest BCUT2D eigenvalue weighted by Gasteiger charge is 2.12. The van der Waals surface area contributed by atoms with E-state index < -0.39 is 5.82 Å². The summed E-state index contributed by atoms with van der Waals surface area (Å²) in [7, 11) is 1.77. The summed E-state index contributed by atoms with van der Waals surface area (Å²) in [5.41, 5.74) is 2.28. The smallest absolute Gasteiger partial charge is 0.224 e. The Balaban J connectivity index is 2.25. The van der Waals surface area contributed by atoms with Gasteiger partial charge in [0.1, 0.15) is 0 Å². The van der Waals surface area contributed by atoms with Crippen molar-refractivity contribution < 1.29 is 4.39 Å². The van der Waals surface area contributed by atoms with Gasteiger partial charge in [0.2, 0.25) is 5.28 Å². The molecule has 0 aliphatic rings. The van der Waals surface area contributed by atoms with Crippen molar-refractivity contribution in [3.05, 3.63) is 52.7 Å². The summed E-state index contributed by atoms with van der Waals surface area (Å²) < 4.78 is 13.6. The molecule has 1 heterocycles. The van der Waals surface area contributed by atoms with Crippen LogP contribution in [0, 0.1) is 12.7 Å². The number of hydrogen-bond acceptors (Lipinski definition) is 3. The summed E-state index contributed by atoms with van der Waals surface area (Å²) >= 11 is 5.68. The van der Waals surface area contributed by atoms with Crippen molar-refractivity contribution in [2.24, 2.45) is 0 Å². The van der Waals surface area contributed by atoms with E-state index in [9.17, 15) is 4.39 Å². The summed E-state index contributed by atoms with van der Waals surface area (Å²) in [5.74, 6) is -0.270. The molecule has 0 aliphatic heterocycles. The van der Waals surface area contributed by atoms with Gasteiger partial charge in [0.15, 0.2) is 11.6 Å². The average molecular weight is 266 g/mol. The van der Waals surface area contributed by atoms with Crippen LogP contribution < -0.4 is 4.90 Å². The molecular formula is C13H13ClFN3. The van der Waals surface area contributed by atoms with E-state index in [1.54, 1.807) is 11.9 Å². The molecule has 0 unspecified atom stereocenters. The molecule has 2 rings (SSSR count). The maximum absolute atomic E-state index is 13.6. The van der Waals surface area contributed by atoms with Gasteiger partial charge in [-0.25, -0.2) is 9.37 Å². The fourth-order valence-corrected chi connectivity index (χ4v) is 1.85. The minimum Gasteiger partial charge on any atom is -0.353 e. The predicted octanol–water partition coefficient (Wildman–Crippen LogP) is 3.21. The van der Waals surface area contributed by atoms with Gasteiger partial charge in [-0.2, -0.15) is 4.98 Å². The molecule has 0 radical (unpaired) electrons. The highest BCUT2D eigenvalue weighted by Crippen LogP contribution is 2.19. The van der Waals surface area contributed by atoms with Crippen molar-refractivity contribution in [1.82, 2.24) is 9.97 Å². The van der Waals surface area contributed by atoms with Crippen LogP contribution in [-0.4, -0.2) is 17.0 Å². The van der Waals surface area contributed by atoms with Crippen molar-refractivity contribution >= 4 is 17.4 Å². The van der Waals surface area contributed by atoms with Gasteiger partial charge in [-0.05, 0) is 29.7 Å². The summed E-state index contributed by atoms with van der Waals surface area (Å²) in [6.45, 7) is 2.59. The molecule has 18 heavy (non-hydrogen) atoms. The number of rotatable bonds is 3. The van der Waals surface area contributed by atoms with E-state index in [0.29, 0.717) is 6.54 Å². The Morgan fingerprint density at radius 2 is 2.06 bits per heavy atom. The molecule has 94 valence electrons. The predicted molar refractivity (Wildman–Crippen MR) is 70.3 cm³/mol. The number of benzene rings is 1. The van der Waals surface area contributed by atoms with Crippen LogP contribution in [0.3, 0.4) is 0 Å². The van der Waals surface area contributed by atoms with Gasteiger partial charge in [0, 0.05) is 13.6 Å². The Labute approximate surface area is 110 Å². The van der Waals surface area contributed by atoms with E-state index >= 15 is 0 Å². The Morgan fingerprint density at radius 1 is 1.33 bits per heavy atom. The van der Waals surface area contributed by atoms with E-state index in [-0.39, 0.29) is 11.1 Å². The second-order valence-electron chi connectivity index (χ2n) is 4.09. The van der Waals surface area contributed by atoms with Gasteiger partial charge < -0.3 is 4.90 Å². The first-order valence-corrected chi connectivity index (χ1v) is 5.89.